The summed E-state index contributed by atoms with van der Waals surface area (Å²) in [6.45, 7) is 12.0. The number of carbonyl (C=O) groups is 4. The third-order valence-corrected chi connectivity index (χ3v) is 21.4. The number of aliphatic hydroxyl groups is 1. The van der Waals surface area contributed by atoms with Crippen molar-refractivity contribution in [2.75, 3.05) is 39.6 Å². The summed E-state index contributed by atoms with van der Waals surface area (Å²) in [6, 6.07) is 0. The Kier molecular flexibility index (Phi) is 70.9. The van der Waals surface area contributed by atoms with Gasteiger partial charge in [-0.3, -0.25) is 37.3 Å². The summed E-state index contributed by atoms with van der Waals surface area (Å²) in [5.41, 5.74) is 0. The van der Waals surface area contributed by atoms with Gasteiger partial charge in [0.25, 0.3) is 0 Å². The van der Waals surface area contributed by atoms with Gasteiger partial charge in [0.2, 0.25) is 0 Å². The molecule has 0 radical (unpaired) electrons. The van der Waals surface area contributed by atoms with E-state index in [0.29, 0.717) is 25.7 Å². The van der Waals surface area contributed by atoms with Crippen LogP contribution in [0.5, 0.6) is 0 Å². The van der Waals surface area contributed by atoms with Gasteiger partial charge in [-0.2, -0.15) is 0 Å². The number of phosphoric acid groups is 2. The van der Waals surface area contributed by atoms with E-state index in [1.54, 1.807) is 0 Å². The number of phosphoric ester groups is 2. The van der Waals surface area contributed by atoms with E-state index in [1.807, 2.05) is 0 Å². The Morgan fingerprint density at radius 1 is 0.287 bits per heavy atom. The molecule has 0 aliphatic heterocycles. The molecule has 0 amide bonds. The van der Waals surface area contributed by atoms with Crippen LogP contribution < -0.4 is 0 Å². The second-order valence-electron chi connectivity index (χ2n) is 30.7. The first kappa shape index (κ1) is 99.1. The molecule has 0 aromatic carbocycles. The molecule has 0 heterocycles. The lowest BCUT2D eigenvalue weighted by atomic mass is 9.99. The van der Waals surface area contributed by atoms with E-state index in [9.17, 15) is 43.2 Å². The number of rotatable bonds is 80. The van der Waals surface area contributed by atoms with E-state index in [1.165, 1.54) is 238 Å². The SMILES string of the molecule is CCCCCCCCCCCCCC(=O)OC[C@H](COP(=O)(O)OC[C@H](O)COP(=O)(O)OC[C@@H](COC(=O)CCCCCCCCCCCCCCCCCCC(C)C)OC(=O)CCCCCCCCCCCCCCCCCCC(C)C)OC(=O)CCCCCCCCCCC(C)CC. The number of hydrogen-bond donors (Lipinski definition) is 3. The molecule has 0 rings (SSSR count). The molecule has 0 saturated heterocycles. The van der Waals surface area contributed by atoms with Gasteiger partial charge in [0.15, 0.2) is 12.2 Å². The average Bonchev–Trinajstić information content (AvgIpc) is 0.943. The van der Waals surface area contributed by atoms with Crippen LogP contribution in [0.1, 0.15) is 427 Å². The summed E-state index contributed by atoms with van der Waals surface area (Å²) >= 11 is 0. The van der Waals surface area contributed by atoms with Crippen LogP contribution in [0, 0.1) is 17.8 Å². The van der Waals surface area contributed by atoms with Crippen molar-refractivity contribution in [1.29, 1.82) is 0 Å². The highest BCUT2D eigenvalue weighted by molar-refractivity contribution is 7.47. The molecule has 3 N–H and O–H groups in total. The predicted molar refractivity (Wildman–Crippen MR) is 414 cm³/mol. The number of aliphatic hydroxyl groups excluding tert-OH is 1. The Balaban J connectivity index is 5.23. The molecule has 17 nitrogen and oxygen atoms in total. The third-order valence-electron chi connectivity index (χ3n) is 19.5. The van der Waals surface area contributed by atoms with Gasteiger partial charge in [-0.25, -0.2) is 9.13 Å². The lowest BCUT2D eigenvalue weighted by molar-refractivity contribution is -0.161. The lowest BCUT2D eigenvalue weighted by Crippen LogP contribution is -2.30. The molecular weight excluding hydrogens is 1320 g/mol. The molecular formula is C82H160O17P2. The normalized spacial score (nSPS) is 14.2. The van der Waals surface area contributed by atoms with Crippen molar-refractivity contribution >= 4 is 39.5 Å². The highest BCUT2D eigenvalue weighted by Gasteiger charge is 2.30. The van der Waals surface area contributed by atoms with E-state index in [2.05, 4.69) is 48.5 Å². The predicted octanol–water partition coefficient (Wildman–Crippen LogP) is 24.5. The maximum atomic E-state index is 13.1. The Labute approximate surface area is 619 Å². The van der Waals surface area contributed by atoms with Gasteiger partial charge in [0.1, 0.15) is 19.3 Å². The Morgan fingerprint density at radius 3 is 0.752 bits per heavy atom. The molecule has 19 heteroatoms. The fourth-order valence-electron chi connectivity index (χ4n) is 12.6. The molecule has 6 atom stereocenters. The zero-order valence-electron chi connectivity index (χ0n) is 66.4. The largest absolute Gasteiger partial charge is 0.472 e. The van der Waals surface area contributed by atoms with Crippen molar-refractivity contribution in [1.82, 2.24) is 0 Å². The summed E-state index contributed by atoms with van der Waals surface area (Å²) in [4.78, 5) is 73.0. The standard InChI is InChI=1S/C82H160O17P2/c1-8-10-11-12-13-14-27-34-42-49-56-63-79(84)92-70-78(99-82(87)66-59-52-45-38-37-41-48-55-62-75(7)9-2)72-97-101(90,91)95-68-76(83)67-94-100(88,89)96-71-77(98-81(86)65-58-51-44-36-31-26-22-18-16-20-24-29-33-40-47-54-61-74(5)6)69-93-80(85)64-57-50-43-35-30-25-21-17-15-19-23-28-32-39-46-53-60-73(3)4/h73-78,83H,8-72H2,1-7H3,(H,88,89)(H,90,91)/t75?,76-,77-,78-/m1/s1. The summed E-state index contributed by atoms with van der Waals surface area (Å²) in [5, 5.41) is 10.6. The van der Waals surface area contributed by atoms with E-state index in [4.69, 9.17) is 37.0 Å². The third kappa shape index (κ3) is 74.7. The number of carbonyl (C=O) groups excluding carboxylic acids is 4. The monoisotopic (exact) mass is 1480 g/mol. The van der Waals surface area contributed by atoms with Crippen LogP contribution >= 0.6 is 15.6 Å². The lowest BCUT2D eigenvalue weighted by Gasteiger charge is -2.21. The minimum atomic E-state index is -4.96. The number of hydrogen-bond acceptors (Lipinski definition) is 15. The molecule has 0 bridgehead atoms. The van der Waals surface area contributed by atoms with Crippen LogP contribution in [0.4, 0.5) is 0 Å². The minimum absolute atomic E-state index is 0.105. The molecule has 0 aromatic heterocycles. The fraction of sp³-hybridized carbons (Fsp3) is 0.951. The van der Waals surface area contributed by atoms with Crippen LogP contribution in [-0.4, -0.2) is 96.7 Å². The average molecular weight is 1480 g/mol. The van der Waals surface area contributed by atoms with Gasteiger partial charge in [0.05, 0.1) is 26.4 Å². The topological polar surface area (TPSA) is 237 Å². The van der Waals surface area contributed by atoms with Crippen molar-refractivity contribution in [3.63, 3.8) is 0 Å². The second-order valence-corrected chi connectivity index (χ2v) is 33.6. The zero-order chi connectivity index (χ0) is 74.4. The van der Waals surface area contributed by atoms with Crippen molar-refractivity contribution in [2.24, 2.45) is 17.8 Å². The van der Waals surface area contributed by atoms with Crippen molar-refractivity contribution in [2.45, 2.75) is 446 Å². The van der Waals surface area contributed by atoms with E-state index < -0.39 is 97.5 Å². The summed E-state index contributed by atoms with van der Waals surface area (Å²) in [7, 11) is -9.92. The van der Waals surface area contributed by atoms with Gasteiger partial charge < -0.3 is 33.8 Å². The van der Waals surface area contributed by atoms with Gasteiger partial charge in [-0.05, 0) is 43.4 Å². The molecule has 0 aliphatic rings. The highest BCUT2D eigenvalue weighted by atomic mass is 31.2. The van der Waals surface area contributed by atoms with Crippen LogP contribution in [0.3, 0.4) is 0 Å². The first-order chi connectivity index (χ1) is 48.8. The number of unbranched alkanes of at least 4 members (excludes halogenated alkanes) is 47. The molecule has 0 fully saturated rings. The number of esters is 4. The molecule has 0 aliphatic carbocycles. The van der Waals surface area contributed by atoms with E-state index >= 15 is 0 Å². The Morgan fingerprint density at radius 2 is 0.505 bits per heavy atom. The minimum Gasteiger partial charge on any atom is -0.462 e. The van der Waals surface area contributed by atoms with Crippen LogP contribution in [-0.2, 0) is 65.4 Å². The van der Waals surface area contributed by atoms with Crippen LogP contribution in [0.25, 0.3) is 0 Å². The molecule has 0 aromatic rings. The Hall–Kier alpha value is -1.94. The fourth-order valence-corrected chi connectivity index (χ4v) is 14.2. The van der Waals surface area contributed by atoms with Gasteiger partial charge in [-0.1, -0.05) is 376 Å². The van der Waals surface area contributed by atoms with Gasteiger partial charge in [0, 0.05) is 25.7 Å². The summed E-state index contributed by atoms with van der Waals surface area (Å²) < 4.78 is 68.7. The Bertz CT molecular complexity index is 1960. The molecule has 3 unspecified atom stereocenters. The van der Waals surface area contributed by atoms with Crippen molar-refractivity contribution < 1.29 is 80.2 Å². The van der Waals surface area contributed by atoms with Crippen molar-refractivity contribution in [3.05, 3.63) is 0 Å². The smallest absolute Gasteiger partial charge is 0.462 e. The zero-order valence-corrected chi connectivity index (χ0v) is 68.2. The second kappa shape index (κ2) is 72.3. The summed E-state index contributed by atoms with van der Waals surface area (Å²) in [6.07, 6.45) is 61.0. The molecule has 0 saturated carbocycles. The van der Waals surface area contributed by atoms with E-state index in [0.717, 1.165) is 108 Å². The van der Waals surface area contributed by atoms with E-state index in [-0.39, 0.29) is 25.7 Å². The number of ether oxygens (including phenoxy) is 4. The van der Waals surface area contributed by atoms with Crippen molar-refractivity contribution in [3.8, 4) is 0 Å². The summed E-state index contributed by atoms with van der Waals surface area (Å²) in [5.74, 6) is 0.281. The van der Waals surface area contributed by atoms with Gasteiger partial charge >= 0.3 is 39.5 Å². The highest BCUT2D eigenvalue weighted by Crippen LogP contribution is 2.45. The molecule has 101 heavy (non-hydrogen) atoms. The molecule has 0 spiro atoms. The maximum absolute atomic E-state index is 13.1. The van der Waals surface area contributed by atoms with Crippen LogP contribution in [0.15, 0.2) is 0 Å². The van der Waals surface area contributed by atoms with Crippen LogP contribution in [0.2, 0.25) is 0 Å². The first-order valence-electron chi connectivity index (χ1n) is 42.4. The quantitative estimate of drug-likeness (QED) is 0.0222. The first-order valence-corrected chi connectivity index (χ1v) is 45.4. The van der Waals surface area contributed by atoms with Gasteiger partial charge in [-0.15, -0.1) is 0 Å². The molecule has 600 valence electrons. The maximum Gasteiger partial charge on any atom is 0.472 e.